The summed E-state index contributed by atoms with van der Waals surface area (Å²) in [6.07, 6.45) is -4.68. The maximum absolute atomic E-state index is 12.9. The van der Waals surface area contributed by atoms with E-state index in [1.165, 1.54) is 0 Å². The Morgan fingerprint density at radius 2 is 1.67 bits per heavy atom. The number of halogens is 4. The molecule has 2 N–H and O–H groups in total. The van der Waals surface area contributed by atoms with Gasteiger partial charge in [0.2, 0.25) is 0 Å². The predicted molar refractivity (Wildman–Crippen MR) is 117 cm³/mol. The quantitative estimate of drug-likeness (QED) is 0.455. The van der Waals surface area contributed by atoms with Gasteiger partial charge in [-0.05, 0) is 36.4 Å². The van der Waals surface area contributed by atoms with Gasteiger partial charge in [-0.2, -0.15) is 13.2 Å². The lowest BCUT2D eigenvalue weighted by Gasteiger charge is -2.35. The van der Waals surface area contributed by atoms with Crippen LogP contribution in [0.1, 0.15) is 15.9 Å². The first kappa shape index (κ1) is 24.5. The van der Waals surface area contributed by atoms with Gasteiger partial charge in [-0.15, -0.1) is 0 Å². The first-order valence-electron chi connectivity index (χ1n) is 9.72. The van der Waals surface area contributed by atoms with Crippen LogP contribution in [0.2, 0.25) is 0 Å². The summed E-state index contributed by atoms with van der Waals surface area (Å²) in [5.74, 6) is -0.926. The number of carbonyl (C=O) groups excluding carboxylic acids is 2. The highest BCUT2D eigenvalue weighted by Crippen LogP contribution is 2.36. The SMILES string of the molecule is O=C(CN1CCN(c2ccc(C(F)(F)F)cc2[N+](=O)[O-])CC1)NNC(=O)c1ccc(Br)cc1. The molecular formula is C20H19BrF3N5O4. The minimum absolute atomic E-state index is 0.0242. The Labute approximate surface area is 194 Å². The zero-order valence-corrected chi connectivity index (χ0v) is 18.6. The molecule has 1 fully saturated rings. The fourth-order valence-electron chi connectivity index (χ4n) is 3.30. The van der Waals surface area contributed by atoms with Crippen molar-refractivity contribution in [1.82, 2.24) is 15.8 Å². The van der Waals surface area contributed by atoms with Gasteiger partial charge in [0.15, 0.2) is 0 Å². The topological polar surface area (TPSA) is 108 Å². The molecule has 176 valence electrons. The van der Waals surface area contributed by atoms with Gasteiger partial charge < -0.3 is 4.90 Å². The molecule has 2 aromatic rings. The Bertz CT molecular complexity index is 1040. The molecule has 0 bridgehead atoms. The lowest BCUT2D eigenvalue weighted by molar-refractivity contribution is -0.384. The Morgan fingerprint density at radius 1 is 1.03 bits per heavy atom. The molecule has 13 heteroatoms. The second-order valence-electron chi connectivity index (χ2n) is 7.23. The van der Waals surface area contributed by atoms with Crippen molar-refractivity contribution in [2.75, 3.05) is 37.6 Å². The van der Waals surface area contributed by atoms with Crippen LogP contribution < -0.4 is 15.8 Å². The molecule has 2 amide bonds. The number of rotatable bonds is 5. The number of amides is 2. The number of hydrogen-bond donors (Lipinski definition) is 2. The van der Waals surface area contributed by atoms with Gasteiger partial charge in [-0.1, -0.05) is 15.9 Å². The van der Waals surface area contributed by atoms with Gasteiger partial charge in [0.1, 0.15) is 5.69 Å². The highest BCUT2D eigenvalue weighted by molar-refractivity contribution is 9.10. The number of hydrogen-bond acceptors (Lipinski definition) is 6. The molecule has 0 unspecified atom stereocenters. The van der Waals surface area contributed by atoms with Crippen LogP contribution in [0, 0.1) is 10.1 Å². The van der Waals surface area contributed by atoms with Crippen LogP contribution in [-0.2, 0) is 11.0 Å². The smallest absolute Gasteiger partial charge is 0.363 e. The molecule has 0 aromatic heterocycles. The second kappa shape index (κ2) is 10.2. The minimum atomic E-state index is -4.68. The van der Waals surface area contributed by atoms with Crippen molar-refractivity contribution < 1.29 is 27.7 Å². The van der Waals surface area contributed by atoms with Crippen LogP contribution in [0.15, 0.2) is 46.9 Å². The Kier molecular flexibility index (Phi) is 7.53. The summed E-state index contributed by atoms with van der Waals surface area (Å²) in [5.41, 5.74) is 3.41. The maximum Gasteiger partial charge on any atom is 0.416 e. The van der Waals surface area contributed by atoms with E-state index in [0.29, 0.717) is 24.7 Å². The Morgan fingerprint density at radius 3 is 2.24 bits per heavy atom. The van der Waals surface area contributed by atoms with Crippen molar-refractivity contribution >= 4 is 39.1 Å². The monoisotopic (exact) mass is 529 g/mol. The zero-order valence-electron chi connectivity index (χ0n) is 17.1. The number of carbonyl (C=O) groups is 2. The lowest BCUT2D eigenvalue weighted by atomic mass is 10.1. The first-order chi connectivity index (χ1) is 15.5. The molecule has 33 heavy (non-hydrogen) atoms. The number of benzene rings is 2. The zero-order chi connectivity index (χ0) is 24.2. The van der Waals surface area contributed by atoms with Crippen LogP contribution in [0.3, 0.4) is 0 Å². The number of nitrogens with zero attached hydrogens (tertiary/aromatic N) is 3. The highest BCUT2D eigenvalue weighted by Gasteiger charge is 2.34. The molecule has 0 saturated carbocycles. The molecule has 2 aromatic carbocycles. The number of alkyl halides is 3. The molecule has 0 radical (unpaired) electrons. The van der Waals surface area contributed by atoms with Crippen molar-refractivity contribution in [2.24, 2.45) is 0 Å². The van der Waals surface area contributed by atoms with Gasteiger partial charge >= 0.3 is 6.18 Å². The molecule has 1 aliphatic heterocycles. The number of hydrazine groups is 1. The van der Waals surface area contributed by atoms with Crippen LogP contribution in [0.4, 0.5) is 24.5 Å². The third-order valence-corrected chi connectivity index (χ3v) is 5.53. The molecule has 0 aliphatic carbocycles. The lowest BCUT2D eigenvalue weighted by Crippen LogP contribution is -2.52. The van der Waals surface area contributed by atoms with E-state index in [0.717, 1.165) is 16.6 Å². The summed E-state index contributed by atoms with van der Waals surface area (Å²) in [6.45, 7) is 1.25. The van der Waals surface area contributed by atoms with Gasteiger partial charge in [-0.25, -0.2) is 0 Å². The summed E-state index contributed by atoms with van der Waals surface area (Å²) >= 11 is 3.26. The minimum Gasteiger partial charge on any atom is -0.363 e. The Hall–Kier alpha value is -3.19. The summed E-state index contributed by atoms with van der Waals surface area (Å²) in [5, 5.41) is 11.3. The summed E-state index contributed by atoms with van der Waals surface area (Å²) < 4.78 is 39.5. The maximum atomic E-state index is 12.9. The van der Waals surface area contributed by atoms with Crippen LogP contribution in [-0.4, -0.2) is 54.4 Å². The fraction of sp³-hybridized carbons (Fsp3) is 0.300. The largest absolute Gasteiger partial charge is 0.416 e. The molecule has 1 heterocycles. The first-order valence-corrected chi connectivity index (χ1v) is 10.5. The molecule has 3 rings (SSSR count). The van der Waals surface area contributed by atoms with Gasteiger partial charge in [-0.3, -0.25) is 35.5 Å². The molecule has 9 nitrogen and oxygen atoms in total. The fourth-order valence-corrected chi connectivity index (χ4v) is 3.57. The van der Waals surface area contributed by atoms with Crippen LogP contribution >= 0.6 is 15.9 Å². The van der Waals surface area contributed by atoms with E-state index in [1.807, 2.05) is 0 Å². The van der Waals surface area contributed by atoms with Gasteiger partial charge in [0.25, 0.3) is 17.5 Å². The van der Waals surface area contributed by atoms with E-state index in [-0.39, 0.29) is 25.3 Å². The Balaban J connectivity index is 1.52. The van der Waals surface area contributed by atoms with E-state index >= 15 is 0 Å². The average molecular weight is 530 g/mol. The third kappa shape index (κ3) is 6.42. The number of piperazine rings is 1. The number of anilines is 1. The second-order valence-corrected chi connectivity index (χ2v) is 8.15. The molecule has 0 atom stereocenters. The van der Waals surface area contributed by atoms with E-state index in [4.69, 9.17) is 0 Å². The molecule has 1 saturated heterocycles. The number of nitro groups is 1. The average Bonchev–Trinajstić information content (AvgIpc) is 2.77. The van der Waals surface area contributed by atoms with Crippen molar-refractivity contribution in [3.05, 3.63) is 68.2 Å². The van der Waals surface area contributed by atoms with E-state index in [2.05, 4.69) is 26.8 Å². The predicted octanol–water partition coefficient (Wildman–Crippen LogP) is 2.96. The molecular weight excluding hydrogens is 511 g/mol. The van der Waals surface area contributed by atoms with Crippen molar-refractivity contribution in [3.63, 3.8) is 0 Å². The summed E-state index contributed by atoms with van der Waals surface area (Å²) in [7, 11) is 0. The van der Waals surface area contributed by atoms with Crippen molar-refractivity contribution in [2.45, 2.75) is 6.18 Å². The highest BCUT2D eigenvalue weighted by atomic mass is 79.9. The van der Waals surface area contributed by atoms with E-state index in [1.54, 1.807) is 34.1 Å². The van der Waals surface area contributed by atoms with Crippen LogP contribution in [0.25, 0.3) is 0 Å². The summed E-state index contributed by atoms with van der Waals surface area (Å²) in [6, 6.07) is 9.01. The summed E-state index contributed by atoms with van der Waals surface area (Å²) in [4.78, 5) is 38.0. The standard InChI is InChI=1S/C20H19BrF3N5O4/c21-15-4-1-13(2-5-15)19(31)26-25-18(30)12-27-7-9-28(10-8-27)16-6-3-14(20(22,23)24)11-17(16)29(32)33/h1-6,11H,7-10,12H2,(H,25,30)(H,26,31). The van der Waals surface area contributed by atoms with Crippen molar-refractivity contribution in [1.29, 1.82) is 0 Å². The normalized spacial score (nSPS) is 14.6. The van der Waals surface area contributed by atoms with E-state index < -0.39 is 34.2 Å². The number of nitrogens with one attached hydrogen (secondary N) is 2. The molecule has 0 spiro atoms. The van der Waals surface area contributed by atoms with E-state index in [9.17, 15) is 32.9 Å². The number of nitro benzene ring substituents is 1. The van der Waals surface area contributed by atoms with Crippen LogP contribution in [0.5, 0.6) is 0 Å². The molecule has 1 aliphatic rings. The van der Waals surface area contributed by atoms with Crippen molar-refractivity contribution in [3.8, 4) is 0 Å². The third-order valence-electron chi connectivity index (χ3n) is 5.00. The van der Waals surface area contributed by atoms with Gasteiger partial charge in [0.05, 0.1) is 17.0 Å². The van der Waals surface area contributed by atoms with Gasteiger partial charge in [0, 0.05) is 42.3 Å².